The fraction of sp³-hybridized carbons (Fsp3) is 0.667. The van der Waals surface area contributed by atoms with Crippen LogP contribution in [0.4, 0.5) is 0 Å². The molecule has 1 heterocycles. The van der Waals surface area contributed by atoms with Gasteiger partial charge in [-0.25, -0.2) is 4.98 Å². The molecule has 3 heteroatoms. The Morgan fingerprint density at radius 3 is 2.11 bits per heavy atom. The van der Waals surface area contributed by atoms with E-state index in [1.165, 1.54) is 6.33 Å². The Bertz CT molecular complexity index is 141. The van der Waals surface area contributed by atoms with Gasteiger partial charge in [0.25, 0.3) is 0 Å². The number of rotatable bonds is 0. The Morgan fingerprint density at radius 2 is 2.00 bits per heavy atom. The largest absolute Gasteiger partial charge is 0.253 e. The standard InChI is InChI=1S/C4H7N3.C2H6/c1-4-5-3-6-7(4)2;1-2/h3H,1-2H3;1-2H3. The second kappa shape index (κ2) is 4.06. The summed E-state index contributed by atoms with van der Waals surface area (Å²) < 4.78 is 1.72. The van der Waals surface area contributed by atoms with Gasteiger partial charge in [-0.2, -0.15) is 5.10 Å². The smallest absolute Gasteiger partial charge is 0.138 e. The highest BCUT2D eigenvalue weighted by atomic mass is 15.3. The van der Waals surface area contributed by atoms with Crippen LogP contribution in [0.2, 0.25) is 0 Å². The fourth-order valence-electron chi connectivity index (χ4n) is 0.354. The molecule has 0 atom stereocenters. The van der Waals surface area contributed by atoms with E-state index in [0.29, 0.717) is 0 Å². The quantitative estimate of drug-likeness (QED) is 0.523. The highest BCUT2D eigenvalue weighted by molar-refractivity contribution is 4.75. The van der Waals surface area contributed by atoms with Crippen molar-refractivity contribution in [2.45, 2.75) is 20.8 Å². The highest BCUT2D eigenvalue weighted by Gasteiger charge is 1.85. The maximum absolute atomic E-state index is 3.87. The SMILES string of the molecule is CC.Cc1ncnn1C. The van der Waals surface area contributed by atoms with Crippen LogP contribution in [0.25, 0.3) is 0 Å². The average molecular weight is 127 g/mol. The number of nitrogens with zero attached hydrogens (tertiary/aromatic N) is 3. The van der Waals surface area contributed by atoms with Crippen LogP contribution < -0.4 is 0 Å². The summed E-state index contributed by atoms with van der Waals surface area (Å²) in [6.07, 6.45) is 1.54. The van der Waals surface area contributed by atoms with Gasteiger partial charge in [-0.3, -0.25) is 4.68 Å². The monoisotopic (exact) mass is 127 g/mol. The number of hydrogen-bond donors (Lipinski definition) is 0. The molecule has 0 radical (unpaired) electrons. The topological polar surface area (TPSA) is 30.7 Å². The first-order valence-electron chi connectivity index (χ1n) is 3.11. The molecule has 0 bridgehead atoms. The van der Waals surface area contributed by atoms with Crippen LogP contribution in [-0.2, 0) is 7.05 Å². The molecule has 0 saturated heterocycles. The Morgan fingerprint density at radius 1 is 1.44 bits per heavy atom. The fourth-order valence-corrected chi connectivity index (χ4v) is 0.354. The highest BCUT2D eigenvalue weighted by Crippen LogP contribution is 1.81. The predicted octanol–water partition coefficient (Wildman–Crippen LogP) is 1.15. The van der Waals surface area contributed by atoms with Gasteiger partial charge < -0.3 is 0 Å². The third kappa shape index (κ3) is 2.26. The molecule has 1 rings (SSSR count). The molecule has 0 aliphatic rings. The van der Waals surface area contributed by atoms with Gasteiger partial charge >= 0.3 is 0 Å². The molecule has 9 heavy (non-hydrogen) atoms. The van der Waals surface area contributed by atoms with Crippen molar-refractivity contribution in [3.8, 4) is 0 Å². The zero-order valence-corrected chi connectivity index (χ0v) is 6.42. The first kappa shape index (κ1) is 8.14. The lowest BCUT2D eigenvalue weighted by Crippen LogP contribution is -1.91. The lowest BCUT2D eigenvalue weighted by atomic mass is 10.7. The Labute approximate surface area is 55.7 Å². The number of aromatic nitrogens is 3. The van der Waals surface area contributed by atoms with Gasteiger partial charge in [-0.05, 0) is 6.92 Å². The van der Waals surface area contributed by atoms with Crippen LogP contribution >= 0.6 is 0 Å². The zero-order valence-electron chi connectivity index (χ0n) is 6.42. The van der Waals surface area contributed by atoms with E-state index < -0.39 is 0 Å². The molecule has 0 saturated carbocycles. The third-order valence-corrected chi connectivity index (χ3v) is 0.938. The molecule has 3 nitrogen and oxygen atoms in total. The molecule has 0 spiro atoms. The van der Waals surface area contributed by atoms with E-state index in [2.05, 4.69) is 10.1 Å². The molecule has 0 fully saturated rings. The van der Waals surface area contributed by atoms with Crippen molar-refractivity contribution in [2.24, 2.45) is 7.05 Å². The van der Waals surface area contributed by atoms with E-state index >= 15 is 0 Å². The molecule has 0 aromatic carbocycles. The van der Waals surface area contributed by atoms with Crippen molar-refractivity contribution in [3.05, 3.63) is 12.2 Å². The summed E-state index contributed by atoms with van der Waals surface area (Å²) in [5.41, 5.74) is 0. The van der Waals surface area contributed by atoms with Gasteiger partial charge in [-0.1, -0.05) is 13.8 Å². The van der Waals surface area contributed by atoms with Crippen LogP contribution in [0, 0.1) is 6.92 Å². The van der Waals surface area contributed by atoms with Gasteiger partial charge in [0.05, 0.1) is 0 Å². The molecule has 52 valence electrons. The van der Waals surface area contributed by atoms with Gasteiger partial charge in [0.2, 0.25) is 0 Å². The summed E-state index contributed by atoms with van der Waals surface area (Å²) in [6, 6.07) is 0. The van der Waals surface area contributed by atoms with Crippen LogP contribution in [0.15, 0.2) is 6.33 Å². The molecular formula is C6H13N3. The summed E-state index contributed by atoms with van der Waals surface area (Å²) in [5.74, 6) is 0.944. The minimum atomic E-state index is 0.944. The molecule has 1 aromatic heterocycles. The van der Waals surface area contributed by atoms with E-state index in [0.717, 1.165) is 5.82 Å². The van der Waals surface area contributed by atoms with Crippen molar-refractivity contribution in [2.75, 3.05) is 0 Å². The Kier molecular flexibility index (Phi) is 3.67. The van der Waals surface area contributed by atoms with Crippen molar-refractivity contribution in [1.82, 2.24) is 14.8 Å². The lowest BCUT2D eigenvalue weighted by molar-refractivity contribution is 0.734. The van der Waals surface area contributed by atoms with Crippen molar-refractivity contribution < 1.29 is 0 Å². The maximum Gasteiger partial charge on any atom is 0.138 e. The van der Waals surface area contributed by atoms with Crippen LogP contribution in [0.1, 0.15) is 19.7 Å². The molecule has 0 amide bonds. The molecule has 0 aliphatic carbocycles. The van der Waals surface area contributed by atoms with E-state index in [1.54, 1.807) is 4.68 Å². The summed E-state index contributed by atoms with van der Waals surface area (Å²) in [5, 5.41) is 3.82. The second-order valence-electron chi connectivity index (χ2n) is 1.43. The van der Waals surface area contributed by atoms with Gasteiger partial charge in [-0.15, -0.1) is 0 Å². The van der Waals surface area contributed by atoms with Gasteiger partial charge in [0.15, 0.2) is 0 Å². The Hall–Kier alpha value is -0.860. The summed E-state index contributed by atoms with van der Waals surface area (Å²) in [6.45, 7) is 5.91. The average Bonchev–Trinajstić information content (AvgIpc) is 2.23. The molecule has 1 aromatic rings. The minimum absolute atomic E-state index is 0.944. The van der Waals surface area contributed by atoms with Gasteiger partial charge in [0.1, 0.15) is 12.2 Å². The second-order valence-corrected chi connectivity index (χ2v) is 1.43. The lowest BCUT2D eigenvalue weighted by Gasteiger charge is -1.84. The minimum Gasteiger partial charge on any atom is -0.253 e. The maximum atomic E-state index is 3.87. The summed E-state index contributed by atoms with van der Waals surface area (Å²) >= 11 is 0. The molecule has 0 aliphatic heterocycles. The molecule has 0 N–H and O–H groups in total. The molecule has 0 unspecified atom stereocenters. The van der Waals surface area contributed by atoms with Crippen molar-refractivity contribution in [3.63, 3.8) is 0 Å². The van der Waals surface area contributed by atoms with Crippen molar-refractivity contribution >= 4 is 0 Å². The van der Waals surface area contributed by atoms with Gasteiger partial charge in [0, 0.05) is 7.05 Å². The van der Waals surface area contributed by atoms with Crippen LogP contribution in [0.3, 0.4) is 0 Å². The van der Waals surface area contributed by atoms with Crippen molar-refractivity contribution in [1.29, 1.82) is 0 Å². The Balaban J connectivity index is 0.000000291. The van der Waals surface area contributed by atoms with Crippen LogP contribution in [0.5, 0.6) is 0 Å². The molecular weight excluding hydrogens is 114 g/mol. The summed E-state index contributed by atoms with van der Waals surface area (Å²) in [7, 11) is 1.86. The van der Waals surface area contributed by atoms with E-state index in [9.17, 15) is 0 Å². The summed E-state index contributed by atoms with van der Waals surface area (Å²) in [4.78, 5) is 3.87. The van der Waals surface area contributed by atoms with E-state index in [-0.39, 0.29) is 0 Å². The van der Waals surface area contributed by atoms with E-state index in [1.807, 2.05) is 27.8 Å². The normalized spacial score (nSPS) is 8.00. The third-order valence-electron chi connectivity index (χ3n) is 0.938. The predicted molar refractivity (Wildman–Crippen MR) is 37.1 cm³/mol. The number of aryl methyl sites for hydroxylation is 2. The van der Waals surface area contributed by atoms with E-state index in [4.69, 9.17) is 0 Å². The zero-order chi connectivity index (χ0) is 7.28. The van der Waals surface area contributed by atoms with Crippen LogP contribution in [-0.4, -0.2) is 14.8 Å². The first-order chi connectivity index (χ1) is 4.30. The number of hydrogen-bond acceptors (Lipinski definition) is 2. The first-order valence-corrected chi connectivity index (χ1v) is 3.11.